The fourth-order valence-electron chi connectivity index (χ4n) is 4.03. The molecule has 0 unspecified atom stereocenters. The largest absolute Gasteiger partial charge is 0.507 e. The summed E-state index contributed by atoms with van der Waals surface area (Å²) in [4.78, 5) is 4.34. The highest BCUT2D eigenvalue weighted by Gasteiger charge is 2.17. The van der Waals surface area contributed by atoms with Crippen LogP contribution in [-0.2, 0) is 13.5 Å². The number of benzene rings is 2. The number of nitrogens with zero attached hydrogens (tertiary/aromatic N) is 3. The number of fused-ring (bicyclic) bond motifs is 1. The predicted octanol–water partition coefficient (Wildman–Crippen LogP) is 4.81. The maximum atomic E-state index is 10.6. The molecule has 0 atom stereocenters. The van der Waals surface area contributed by atoms with Crippen molar-refractivity contribution in [1.29, 1.82) is 0 Å². The molecule has 0 spiro atoms. The molecule has 0 radical (unpaired) electrons. The zero-order chi connectivity index (χ0) is 20.2. The Morgan fingerprint density at radius 3 is 2.57 bits per heavy atom. The number of nitrogen functional groups attached to an aromatic ring is 1. The fraction of sp³-hybridized carbons (Fsp3) is 0.261. The number of aryl methyl sites for hydroxylation is 4. The molecule has 0 aliphatic carbocycles. The van der Waals surface area contributed by atoms with Crippen molar-refractivity contribution in [3.63, 3.8) is 0 Å². The topological polar surface area (TPSA) is 69.0 Å². The molecule has 144 valence electrons. The molecule has 4 aromatic rings. The number of imidazole rings is 1. The second-order valence-electron chi connectivity index (χ2n) is 7.46. The van der Waals surface area contributed by atoms with Crippen LogP contribution in [-0.4, -0.2) is 19.2 Å². The molecule has 0 aliphatic heterocycles. The van der Waals surface area contributed by atoms with Gasteiger partial charge in [0.2, 0.25) is 5.95 Å². The van der Waals surface area contributed by atoms with Crippen LogP contribution in [0.3, 0.4) is 0 Å². The molecule has 5 nitrogen and oxygen atoms in total. The average Bonchev–Trinajstić information content (AvgIpc) is 3.15. The van der Waals surface area contributed by atoms with E-state index < -0.39 is 0 Å². The van der Waals surface area contributed by atoms with Crippen LogP contribution < -0.4 is 5.73 Å². The van der Waals surface area contributed by atoms with Gasteiger partial charge in [0, 0.05) is 34.9 Å². The second kappa shape index (κ2) is 6.44. The zero-order valence-electron chi connectivity index (χ0n) is 17.0. The SMILES string of the molecule is CCc1cc(-c2cnc(N)n2-c2ccc3c(c2)c(C)c(C)n3C)c(O)cc1C. The van der Waals surface area contributed by atoms with E-state index in [9.17, 15) is 5.11 Å². The number of hydrogen-bond acceptors (Lipinski definition) is 3. The van der Waals surface area contributed by atoms with Gasteiger partial charge in [-0.15, -0.1) is 0 Å². The highest BCUT2D eigenvalue weighted by Crippen LogP contribution is 2.36. The van der Waals surface area contributed by atoms with Crippen molar-refractivity contribution in [3.05, 3.63) is 58.9 Å². The Morgan fingerprint density at radius 1 is 1.11 bits per heavy atom. The maximum absolute atomic E-state index is 10.6. The van der Waals surface area contributed by atoms with E-state index in [4.69, 9.17) is 5.73 Å². The van der Waals surface area contributed by atoms with Gasteiger partial charge in [-0.25, -0.2) is 4.98 Å². The Kier molecular flexibility index (Phi) is 4.18. The molecule has 0 fully saturated rings. The van der Waals surface area contributed by atoms with Gasteiger partial charge in [-0.05, 0) is 74.2 Å². The molecule has 2 aromatic heterocycles. The summed E-state index contributed by atoms with van der Waals surface area (Å²) in [5, 5.41) is 11.8. The van der Waals surface area contributed by atoms with Crippen LogP contribution in [0.5, 0.6) is 5.75 Å². The van der Waals surface area contributed by atoms with Gasteiger partial charge in [0.1, 0.15) is 5.75 Å². The molecule has 2 heterocycles. The molecule has 0 amide bonds. The molecule has 0 saturated carbocycles. The number of aromatic hydroxyl groups is 1. The van der Waals surface area contributed by atoms with Crippen molar-refractivity contribution in [2.24, 2.45) is 7.05 Å². The maximum Gasteiger partial charge on any atom is 0.205 e. The number of rotatable bonds is 3. The van der Waals surface area contributed by atoms with E-state index in [1.807, 2.05) is 23.6 Å². The third-order valence-corrected chi connectivity index (χ3v) is 5.95. The molecule has 0 bridgehead atoms. The highest BCUT2D eigenvalue weighted by molar-refractivity contribution is 5.87. The van der Waals surface area contributed by atoms with Crippen LogP contribution in [0.25, 0.3) is 27.8 Å². The minimum atomic E-state index is 0.240. The smallest absolute Gasteiger partial charge is 0.205 e. The first-order chi connectivity index (χ1) is 13.3. The summed E-state index contributed by atoms with van der Waals surface area (Å²) >= 11 is 0. The number of anilines is 1. The molecular weight excluding hydrogens is 348 g/mol. The monoisotopic (exact) mass is 374 g/mol. The van der Waals surface area contributed by atoms with Crippen LogP contribution in [0.4, 0.5) is 5.95 Å². The van der Waals surface area contributed by atoms with Gasteiger partial charge in [-0.3, -0.25) is 4.57 Å². The molecule has 0 aliphatic rings. The lowest BCUT2D eigenvalue weighted by Gasteiger charge is -2.14. The minimum Gasteiger partial charge on any atom is -0.507 e. The molecule has 28 heavy (non-hydrogen) atoms. The standard InChI is InChI=1S/C23H26N4O/c1-6-16-10-19(22(28)9-13(16)2)21-12-25-23(24)27(21)17-7-8-20-18(11-17)14(3)15(4)26(20)5/h7-12,28H,6H2,1-5H3,(H2,24,25). The van der Waals surface area contributed by atoms with E-state index in [1.165, 1.54) is 27.7 Å². The van der Waals surface area contributed by atoms with Gasteiger partial charge < -0.3 is 15.4 Å². The van der Waals surface area contributed by atoms with Gasteiger partial charge in [-0.1, -0.05) is 6.92 Å². The Labute approximate surface area is 165 Å². The first kappa shape index (κ1) is 18.2. The number of hydrogen-bond donors (Lipinski definition) is 2. The normalized spacial score (nSPS) is 11.5. The van der Waals surface area contributed by atoms with Gasteiger partial charge in [0.05, 0.1) is 11.9 Å². The molecule has 4 rings (SSSR count). The van der Waals surface area contributed by atoms with Crippen molar-refractivity contribution in [3.8, 4) is 22.7 Å². The lowest BCUT2D eigenvalue weighted by molar-refractivity contribution is 0.476. The number of phenols is 1. The van der Waals surface area contributed by atoms with Gasteiger partial charge in [0.15, 0.2) is 0 Å². The zero-order valence-corrected chi connectivity index (χ0v) is 17.0. The lowest BCUT2D eigenvalue weighted by atomic mass is 10.00. The van der Waals surface area contributed by atoms with Crippen molar-refractivity contribution >= 4 is 16.9 Å². The fourth-order valence-corrected chi connectivity index (χ4v) is 4.03. The van der Waals surface area contributed by atoms with E-state index >= 15 is 0 Å². The quantitative estimate of drug-likeness (QED) is 0.541. The Hall–Kier alpha value is -3.21. The third-order valence-electron chi connectivity index (χ3n) is 5.95. The summed E-state index contributed by atoms with van der Waals surface area (Å²) in [6.07, 6.45) is 2.63. The first-order valence-corrected chi connectivity index (χ1v) is 9.55. The van der Waals surface area contributed by atoms with Crippen molar-refractivity contribution in [2.75, 3.05) is 5.73 Å². The van der Waals surface area contributed by atoms with Crippen LogP contribution in [0.15, 0.2) is 36.5 Å². The molecular formula is C23H26N4O. The van der Waals surface area contributed by atoms with Crippen molar-refractivity contribution < 1.29 is 5.11 Å². The number of phenolic OH excluding ortho intramolecular Hbond substituents is 1. The summed E-state index contributed by atoms with van der Waals surface area (Å²) in [6.45, 7) is 8.40. The van der Waals surface area contributed by atoms with Crippen molar-refractivity contribution in [1.82, 2.24) is 14.1 Å². The first-order valence-electron chi connectivity index (χ1n) is 9.55. The summed E-state index contributed by atoms with van der Waals surface area (Å²) in [5.41, 5.74) is 14.7. The highest BCUT2D eigenvalue weighted by atomic mass is 16.3. The van der Waals surface area contributed by atoms with Crippen molar-refractivity contribution in [2.45, 2.75) is 34.1 Å². The minimum absolute atomic E-state index is 0.240. The van der Waals surface area contributed by atoms with Crippen LogP contribution in [0, 0.1) is 20.8 Å². The Morgan fingerprint density at radius 2 is 1.86 bits per heavy atom. The van der Waals surface area contributed by atoms with E-state index in [2.05, 4.69) is 55.6 Å². The van der Waals surface area contributed by atoms with Crippen LogP contribution >= 0.6 is 0 Å². The summed E-state index contributed by atoms with van der Waals surface area (Å²) in [6, 6.07) is 10.2. The predicted molar refractivity (Wildman–Crippen MR) is 115 cm³/mol. The van der Waals surface area contributed by atoms with E-state index in [0.717, 1.165) is 28.9 Å². The average molecular weight is 374 g/mol. The third kappa shape index (κ3) is 2.58. The van der Waals surface area contributed by atoms with Gasteiger partial charge in [0.25, 0.3) is 0 Å². The molecule has 0 saturated heterocycles. The van der Waals surface area contributed by atoms with Crippen LogP contribution in [0.1, 0.15) is 29.3 Å². The molecule has 2 aromatic carbocycles. The van der Waals surface area contributed by atoms with E-state index in [1.54, 1.807) is 6.20 Å². The molecule has 3 N–H and O–H groups in total. The second-order valence-corrected chi connectivity index (χ2v) is 7.46. The van der Waals surface area contributed by atoms with E-state index in [-0.39, 0.29) is 5.75 Å². The molecule has 5 heteroatoms. The van der Waals surface area contributed by atoms with E-state index in [0.29, 0.717) is 5.95 Å². The van der Waals surface area contributed by atoms with Gasteiger partial charge >= 0.3 is 0 Å². The summed E-state index contributed by atoms with van der Waals surface area (Å²) in [5.74, 6) is 0.640. The lowest BCUT2D eigenvalue weighted by Crippen LogP contribution is -2.03. The Balaban J connectivity index is 1.96. The van der Waals surface area contributed by atoms with Gasteiger partial charge in [-0.2, -0.15) is 0 Å². The summed E-state index contributed by atoms with van der Waals surface area (Å²) < 4.78 is 4.11. The number of nitrogens with two attached hydrogens (primary N) is 1. The number of aromatic nitrogens is 3. The Bertz CT molecular complexity index is 1210. The summed E-state index contributed by atoms with van der Waals surface area (Å²) in [7, 11) is 2.08. The van der Waals surface area contributed by atoms with Crippen LogP contribution in [0.2, 0.25) is 0 Å².